The molecule has 0 amide bonds. The fourth-order valence-corrected chi connectivity index (χ4v) is 4.23. The molecule has 3 atom stereocenters. The van der Waals surface area contributed by atoms with Gasteiger partial charge in [0.1, 0.15) is 0 Å². The Morgan fingerprint density at radius 3 is 2.65 bits per heavy atom. The lowest BCUT2D eigenvalue weighted by Gasteiger charge is -2.43. The zero-order valence-corrected chi connectivity index (χ0v) is 12.5. The summed E-state index contributed by atoms with van der Waals surface area (Å²) in [5.41, 5.74) is 0.0836. The fraction of sp³-hybridized carbons (Fsp3) is 1.00. The predicted molar refractivity (Wildman–Crippen MR) is 77.7 cm³/mol. The zero-order chi connectivity index (χ0) is 13.8. The molecule has 116 valence electrons. The van der Waals surface area contributed by atoms with E-state index in [9.17, 15) is 5.11 Å². The molecular weight excluding hydrogens is 254 g/mol. The van der Waals surface area contributed by atoms with Gasteiger partial charge in [-0.2, -0.15) is 0 Å². The van der Waals surface area contributed by atoms with Gasteiger partial charge < -0.3 is 19.9 Å². The fourth-order valence-electron chi connectivity index (χ4n) is 4.23. The number of ether oxygens (including phenoxy) is 2. The van der Waals surface area contributed by atoms with Crippen molar-refractivity contribution in [3.8, 4) is 0 Å². The molecule has 0 aromatic rings. The Morgan fingerprint density at radius 2 is 1.85 bits per heavy atom. The minimum Gasteiger partial charge on any atom is -0.396 e. The monoisotopic (exact) mass is 283 g/mol. The molecule has 4 nitrogen and oxygen atoms in total. The second-order valence-electron chi connectivity index (χ2n) is 6.88. The number of aliphatic hydroxyl groups excluding tert-OH is 1. The molecule has 3 unspecified atom stereocenters. The van der Waals surface area contributed by atoms with Crippen molar-refractivity contribution in [2.24, 2.45) is 11.8 Å². The lowest BCUT2D eigenvalue weighted by Crippen LogP contribution is -2.50. The van der Waals surface area contributed by atoms with Gasteiger partial charge in [0.2, 0.25) is 0 Å². The van der Waals surface area contributed by atoms with E-state index in [1.54, 1.807) is 0 Å². The van der Waals surface area contributed by atoms with Crippen molar-refractivity contribution >= 4 is 0 Å². The molecule has 20 heavy (non-hydrogen) atoms. The average molecular weight is 283 g/mol. The molecule has 1 saturated carbocycles. The topological polar surface area (TPSA) is 50.7 Å². The third kappa shape index (κ3) is 3.35. The molecule has 2 aliphatic heterocycles. The standard InChI is InChI=1S/C16H29NO3/c18-12-14-3-1-2-13(14)11-17-15-4-7-20-16(10-15)5-8-19-9-6-16/h13-15,17-18H,1-12H2. The minimum atomic E-state index is 0.0836. The highest BCUT2D eigenvalue weighted by Gasteiger charge is 2.39. The van der Waals surface area contributed by atoms with E-state index >= 15 is 0 Å². The Hall–Kier alpha value is -0.160. The summed E-state index contributed by atoms with van der Waals surface area (Å²) >= 11 is 0. The third-order valence-corrected chi connectivity index (χ3v) is 5.62. The first-order valence-corrected chi connectivity index (χ1v) is 8.37. The lowest BCUT2D eigenvalue weighted by atomic mass is 9.84. The van der Waals surface area contributed by atoms with Crippen molar-refractivity contribution in [2.45, 2.75) is 56.6 Å². The van der Waals surface area contributed by atoms with Crippen LogP contribution in [0.25, 0.3) is 0 Å². The molecule has 1 spiro atoms. The predicted octanol–water partition coefficient (Wildman–Crippen LogP) is 1.71. The highest BCUT2D eigenvalue weighted by atomic mass is 16.5. The van der Waals surface area contributed by atoms with E-state index in [4.69, 9.17) is 9.47 Å². The molecular formula is C16H29NO3. The molecule has 2 heterocycles. The second kappa shape index (κ2) is 6.73. The van der Waals surface area contributed by atoms with Gasteiger partial charge >= 0.3 is 0 Å². The van der Waals surface area contributed by atoms with E-state index < -0.39 is 0 Å². The van der Waals surface area contributed by atoms with Gasteiger partial charge in [-0.3, -0.25) is 0 Å². The quantitative estimate of drug-likeness (QED) is 0.825. The molecule has 2 N–H and O–H groups in total. The Kier molecular flexibility index (Phi) is 4.97. The smallest absolute Gasteiger partial charge is 0.0741 e. The van der Waals surface area contributed by atoms with Crippen LogP contribution >= 0.6 is 0 Å². The maximum Gasteiger partial charge on any atom is 0.0741 e. The maximum atomic E-state index is 9.41. The van der Waals surface area contributed by atoms with E-state index in [1.807, 2.05) is 0 Å². The van der Waals surface area contributed by atoms with E-state index in [1.165, 1.54) is 19.3 Å². The van der Waals surface area contributed by atoms with Gasteiger partial charge in [-0.05, 0) is 56.9 Å². The van der Waals surface area contributed by atoms with Crippen LogP contribution in [0.5, 0.6) is 0 Å². The molecule has 2 saturated heterocycles. The summed E-state index contributed by atoms with van der Waals surface area (Å²) < 4.78 is 11.6. The summed E-state index contributed by atoms with van der Waals surface area (Å²) in [5.74, 6) is 1.20. The lowest BCUT2D eigenvalue weighted by molar-refractivity contribution is -0.140. The van der Waals surface area contributed by atoms with Crippen molar-refractivity contribution in [3.05, 3.63) is 0 Å². The Labute approximate surface area is 122 Å². The molecule has 0 bridgehead atoms. The molecule has 4 heteroatoms. The molecule has 3 aliphatic rings. The van der Waals surface area contributed by atoms with Crippen LogP contribution in [0, 0.1) is 11.8 Å². The number of nitrogens with one attached hydrogen (secondary N) is 1. The van der Waals surface area contributed by atoms with Gasteiger partial charge in [-0.1, -0.05) is 6.42 Å². The van der Waals surface area contributed by atoms with Gasteiger partial charge in [-0.25, -0.2) is 0 Å². The van der Waals surface area contributed by atoms with E-state index in [0.717, 1.165) is 52.0 Å². The first kappa shape index (κ1) is 14.8. The SMILES string of the molecule is OCC1CCCC1CNC1CCOC2(CCOCC2)C1. The van der Waals surface area contributed by atoms with Crippen LogP contribution in [0.2, 0.25) is 0 Å². The van der Waals surface area contributed by atoms with Gasteiger partial charge in [0.25, 0.3) is 0 Å². The summed E-state index contributed by atoms with van der Waals surface area (Å²) in [7, 11) is 0. The number of hydrogen-bond donors (Lipinski definition) is 2. The van der Waals surface area contributed by atoms with Gasteiger partial charge in [0, 0.05) is 32.5 Å². The van der Waals surface area contributed by atoms with Crippen molar-refractivity contribution < 1.29 is 14.6 Å². The van der Waals surface area contributed by atoms with Crippen LogP contribution in [0.15, 0.2) is 0 Å². The van der Waals surface area contributed by atoms with Gasteiger partial charge in [0.05, 0.1) is 5.60 Å². The van der Waals surface area contributed by atoms with Gasteiger partial charge in [-0.15, -0.1) is 0 Å². The normalized spacial score (nSPS) is 37.4. The highest BCUT2D eigenvalue weighted by Crippen LogP contribution is 2.35. The summed E-state index contributed by atoms with van der Waals surface area (Å²) in [6, 6.07) is 0.585. The summed E-state index contributed by atoms with van der Waals surface area (Å²) in [6.45, 7) is 4.01. The van der Waals surface area contributed by atoms with E-state index in [-0.39, 0.29) is 5.60 Å². The van der Waals surface area contributed by atoms with Crippen molar-refractivity contribution in [2.75, 3.05) is 33.0 Å². The van der Waals surface area contributed by atoms with Crippen LogP contribution in [-0.2, 0) is 9.47 Å². The van der Waals surface area contributed by atoms with Crippen molar-refractivity contribution in [1.82, 2.24) is 5.32 Å². The Balaban J connectivity index is 1.47. The second-order valence-corrected chi connectivity index (χ2v) is 6.88. The van der Waals surface area contributed by atoms with Crippen LogP contribution < -0.4 is 5.32 Å². The number of aliphatic hydroxyl groups is 1. The minimum absolute atomic E-state index is 0.0836. The van der Waals surface area contributed by atoms with Crippen LogP contribution in [0.1, 0.15) is 44.9 Å². The van der Waals surface area contributed by atoms with Crippen molar-refractivity contribution in [1.29, 1.82) is 0 Å². The molecule has 3 fully saturated rings. The average Bonchev–Trinajstić information content (AvgIpc) is 2.93. The molecule has 3 rings (SSSR count). The number of hydrogen-bond acceptors (Lipinski definition) is 4. The first-order valence-electron chi connectivity index (χ1n) is 8.37. The third-order valence-electron chi connectivity index (χ3n) is 5.62. The van der Waals surface area contributed by atoms with Gasteiger partial charge in [0.15, 0.2) is 0 Å². The highest BCUT2D eigenvalue weighted by molar-refractivity contribution is 4.92. The summed E-state index contributed by atoms with van der Waals surface area (Å²) in [4.78, 5) is 0. The van der Waals surface area contributed by atoms with E-state index in [2.05, 4.69) is 5.32 Å². The molecule has 0 aromatic carbocycles. The van der Waals surface area contributed by atoms with Crippen LogP contribution in [0.4, 0.5) is 0 Å². The van der Waals surface area contributed by atoms with Crippen LogP contribution in [-0.4, -0.2) is 49.7 Å². The maximum absolute atomic E-state index is 9.41. The molecule has 0 radical (unpaired) electrons. The van der Waals surface area contributed by atoms with Crippen LogP contribution in [0.3, 0.4) is 0 Å². The summed E-state index contributed by atoms with van der Waals surface area (Å²) in [5, 5.41) is 13.2. The summed E-state index contributed by atoms with van der Waals surface area (Å²) in [6.07, 6.45) is 8.12. The largest absolute Gasteiger partial charge is 0.396 e. The Bertz CT molecular complexity index is 299. The number of rotatable bonds is 4. The van der Waals surface area contributed by atoms with E-state index in [0.29, 0.717) is 24.5 Å². The Morgan fingerprint density at radius 1 is 1.05 bits per heavy atom. The molecule has 0 aromatic heterocycles. The molecule has 1 aliphatic carbocycles. The zero-order valence-electron chi connectivity index (χ0n) is 12.5. The van der Waals surface area contributed by atoms with Crippen molar-refractivity contribution in [3.63, 3.8) is 0 Å². The first-order chi connectivity index (χ1) is 9.81.